The molecular weight excluding hydrogens is 232 g/mol. The summed E-state index contributed by atoms with van der Waals surface area (Å²) in [5, 5.41) is 16.7. The number of aromatic nitrogens is 4. The summed E-state index contributed by atoms with van der Waals surface area (Å²) in [4.78, 5) is 11.0. The molecule has 0 unspecified atom stereocenters. The van der Waals surface area contributed by atoms with Crippen molar-refractivity contribution in [3.63, 3.8) is 0 Å². The summed E-state index contributed by atoms with van der Waals surface area (Å²) in [6.07, 6.45) is 5.27. The number of rotatable bonds is 2. The van der Waals surface area contributed by atoms with Gasteiger partial charge in [0.15, 0.2) is 5.65 Å². The number of carboxylic acids is 1. The van der Waals surface area contributed by atoms with Crippen LogP contribution in [0.4, 0.5) is 0 Å². The molecule has 0 radical (unpaired) electrons. The van der Waals surface area contributed by atoms with Crippen LogP contribution in [0.15, 0.2) is 36.9 Å². The van der Waals surface area contributed by atoms with Crippen LogP contribution in [0.3, 0.4) is 0 Å². The second kappa shape index (κ2) is 3.69. The highest BCUT2D eigenvalue weighted by atomic mass is 16.4. The van der Waals surface area contributed by atoms with Crippen molar-refractivity contribution in [1.82, 2.24) is 19.2 Å². The SMILES string of the molecule is Cn1cc(-c2ccc3nncn3c2)cc1C(=O)O. The second-order valence-electron chi connectivity index (χ2n) is 4.04. The molecule has 1 N–H and O–H groups in total. The van der Waals surface area contributed by atoms with Gasteiger partial charge in [-0.3, -0.25) is 4.40 Å². The van der Waals surface area contributed by atoms with E-state index in [4.69, 9.17) is 5.11 Å². The number of carbonyl (C=O) groups is 1. The molecule has 3 aromatic heterocycles. The quantitative estimate of drug-likeness (QED) is 0.737. The fourth-order valence-corrected chi connectivity index (χ4v) is 1.93. The third kappa shape index (κ3) is 1.55. The summed E-state index contributed by atoms with van der Waals surface area (Å²) in [6.45, 7) is 0. The molecule has 0 aromatic carbocycles. The number of aromatic carboxylic acids is 1. The van der Waals surface area contributed by atoms with Gasteiger partial charge in [0.25, 0.3) is 0 Å². The first-order chi connectivity index (χ1) is 8.65. The average Bonchev–Trinajstić information content (AvgIpc) is 2.93. The molecule has 0 saturated heterocycles. The summed E-state index contributed by atoms with van der Waals surface area (Å²) in [6, 6.07) is 5.38. The highest BCUT2D eigenvalue weighted by Gasteiger charge is 2.11. The van der Waals surface area contributed by atoms with Gasteiger partial charge < -0.3 is 9.67 Å². The Morgan fingerprint density at radius 3 is 2.83 bits per heavy atom. The smallest absolute Gasteiger partial charge is 0.352 e. The van der Waals surface area contributed by atoms with Crippen LogP contribution < -0.4 is 0 Å². The molecule has 0 atom stereocenters. The van der Waals surface area contributed by atoms with Gasteiger partial charge >= 0.3 is 5.97 Å². The van der Waals surface area contributed by atoms with Crippen LogP contribution in [0.5, 0.6) is 0 Å². The maximum atomic E-state index is 11.0. The van der Waals surface area contributed by atoms with E-state index >= 15 is 0 Å². The van der Waals surface area contributed by atoms with E-state index in [-0.39, 0.29) is 5.69 Å². The summed E-state index contributed by atoms with van der Waals surface area (Å²) in [5.74, 6) is -0.936. The van der Waals surface area contributed by atoms with Gasteiger partial charge in [0.2, 0.25) is 0 Å². The number of pyridine rings is 1. The normalized spacial score (nSPS) is 10.9. The fraction of sp³-hybridized carbons (Fsp3) is 0.0833. The molecule has 6 nitrogen and oxygen atoms in total. The maximum absolute atomic E-state index is 11.0. The van der Waals surface area contributed by atoms with Crippen LogP contribution in [0, 0.1) is 0 Å². The van der Waals surface area contributed by atoms with E-state index < -0.39 is 5.97 Å². The largest absolute Gasteiger partial charge is 0.477 e. The van der Waals surface area contributed by atoms with E-state index in [1.807, 2.05) is 18.3 Å². The van der Waals surface area contributed by atoms with Gasteiger partial charge in [0.1, 0.15) is 12.0 Å². The molecule has 0 saturated carbocycles. The average molecular weight is 242 g/mol. The van der Waals surface area contributed by atoms with E-state index in [0.29, 0.717) is 0 Å². The molecule has 0 aliphatic rings. The molecule has 18 heavy (non-hydrogen) atoms. The molecule has 90 valence electrons. The molecule has 0 fully saturated rings. The highest BCUT2D eigenvalue weighted by Crippen LogP contribution is 2.22. The Balaban J connectivity index is 2.13. The predicted octanol–water partition coefficient (Wildman–Crippen LogP) is 1.43. The van der Waals surface area contributed by atoms with Crippen molar-refractivity contribution in [1.29, 1.82) is 0 Å². The first kappa shape index (κ1) is 10.5. The summed E-state index contributed by atoms with van der Waals surface area (Å²) < 4.78 is 3.39. The molecule has 0 amide bonds. The monoisotopic (exact) mass is 242 g/mol. The Labute approximate surface area is 102 Å². The zero-order valence-electron chi connectivity index (χ0n) is 9.61. The molecule has 3 rings (SSSR count). The fourth-order valence-electron chi connectivity index (χ4n) is 1.93. The topological polar surface area (TPSA) is 72.4 Å². The molecule has 0 spiro atoms. The molecular formula is C12H10N4O2. The van der Waals surface area contributed by atoms with Gasteiger partial charge in [0.05, 0.1) is 0 Å². The molecule has 3 heterocycles. The Morgan fingerprint density at radius 1 is 1.28 bits per heavy atom. The van der Waals surface area contributed by atoms with Crippen molar-refractivity contribution in [3.8, 4) is 11.1 Å². The van der Waals surface area contributed by atoms with Crippen LogP contribution >= 0.6 is 0 Å². The van der Waals surface area contributed by atoms with E-state index in [2.05, 4.69) is 10.2 Å². The van der Waals surface area contributed by atoms with Crippen molar-refractivity contribution in [2.24, 2.45) is 7.05 Å². The Morgan fingerprint density at radius 2 is 2.11 bits per heavy atom. The number of fused-ring (bicyclic) bond motifs is 1. The van der Waals surface area contributed by atoms with E-state index in [9.17, 15) is 4.79 Å². The molecule has 3 aromatic rings. The van der Waals surface area contributed by atoms with E-state index in [1.54, 1.807) is 34.6 Å². The first-order valence-electron chi connectivity index (χ1n) is 5.34. The maximum Gasteiger partial charge on any atom is 0.352 e. The summed E-state index contributed by atoms with van der Waals surface area (Å²) in [7, 11) is 1.71. The summed E-state index contributed by atoms with van der Waals surface area (Å²) >= 11 is 0. The Kier molecular flexibility index (Phi) is 2.16. The lowest BCUT2D eigenvalue weighted by molar-refractivity contribution is 0.0686. The number of hydrogen-bond donors (Lipinski definition) is 1. The minimum Gasteiger partial charge on any atom is -0.477 e. The third-order valence-electron chi connectivity index (χ3n) is 2.85. The Bertz CT molecular complexity index is 741. The minimum atomic E-state index is -0.936. The second-order valence-corrected chi connectivity index (χ2v) is 4.04. The number of nitrogens with zero attached hydrogens (tertiary/aromatic N) is 4. The Hall–Kier alpha value is -2.63. The van der Waals surface area contributed by atoms with Crippen molar-refractivity contribution >= 4 is 11.6 Å². The van der Waals surface area contributed by atoms with Crippen LogP contribution in [0.1, 0.15) is 10.5 Å². The molecule has 0 bridgehead atoms. The number of aryl methyl sites for hydroxylation is 1. The summed E-state index contributed by atoms with van der Waals surface area (Å²) in [5.41, 5.74) is 2.79. The number of hydrogen-bond acceptors (Lipinski definition) is 3. The lowest BCUT2D eigenvalue weighted by Crippen LogP contribution is -2.02. The lowest BCUT2D eigenvalue weighted by atomic mass is 10.1. The van der Waals surface area contributed by atoms with Crippen molar-refractivity contribution in [2.45, 2.75) is 0 Å². The number of carboxylic acid groups (broad SMARTS) is 1. The van der Waals surface area contributed by atoms with Gasteiger partial charge in [0, 0.05) is 30.6 Å². The predicted molar refractivity (Wildman–Crippen MR) is 64.4 cm³/mol. The van der Waals surface area contributed by atoms with Crippen molar-refractivity contribution in [2.75, 3.05) is 0 Å². The van der Waals surface area contributed by atoms with Crippen LogP contribution in [0.25, 0.3) is 16.8 Å². The zero-order chi connectivity index (χ0) is 12.7. The molecule has 0 aliphatic carbocycles. The van der Waals surface area contributed by atoms with Gasteiger partial charge in [-0.25, -0.2) is 4.79 Å². The third-order valence-corrected chi connectivity index (χ3v) is 2.85. The van der Waals surface area contributed by atoms with Gasteiger partial charge in [-0.1, -0.05) is 0 Å². The van der Waals surface area contributed by atoms with Crippen LogP contribution in [-0.2, 0) is 7.05 Å². The standard InChI is InChI=1S/C12H10N4O2/c1-15-5-9(4-10(15)12(17)18)8-2-3-11-14-13-7-16(11)6-8/h2-7H,1H3,(H,17,18). The van der Waals surface area contributed by atoms with Crippen LogP contribution in [0.2, 0.25) is 0 Å². The lowest BCUT2D eigenvalue weighted by Gasteiger charge is -1.98. The highest BCUT2D eigenvalue weighted by molar-refractivity contribution is 5.88. The van der Waals surface area contributed by atoms with E-state index in [0.717, 1.165) is 16.8 Å². The molecule has 6 heteroatoms. The molecule has 0 aliphatic heterocycles. The van der Waals surface area contributed by atoms with Crippen LogP contribution in [-0.4, -0.2) is 30.2 Å². The first-order valence-corrected chi connectivity index (χ1v) is 5.34. The van der Waals surface area contributed by atoms with Gasteiger partial charge in [-0.15, -0.1) is 10.2 Å². The zero-order valence-corrected chi connectivity index (χ0v) is 9.61. The minimum absolute atomic E-state index is 0.258. The van der Waals surface area contributed by atoms with Gasteiger partial charge in [-0.05, 0) is 18.2 Å². The van der Waals surface area contributed by atoms with Crippen molar-refractivity contribution in [3.05, 3.63) is 42.6 Å². The van der Waals surface area contributed by atoms with E-state index in [1.165, 1.54) is 0 Å². The van der Waals surface area contributed by atoms with Gasteiger partial charge in [-0.2, -0.15) is 0 Å². The van der Waals surface area contributed by atoms with Crippen molar-refractivity contribution < 1.29 is 9.90 Å².